The first kappa shape index (κ1) is 21.1. The van der Waals surface area contributed by atoms with Crippen LogP contribution in [0.1, 0.15) is 45.1 Å². The van der Waals surface area contributed by atoms with E-state index in [0.29, 0.717) is 35.3 Å². The van der Waals surface area contributed by atoms with E-state index in [4.69, 9.17) is 32.7 Å². The van der Waals surface area contributed by atoms with E-state index in [1.54, 1.807) is 13.2 Å². The lowest BCUT2D eigenvalue weighted by Gasteiger charge is -2.46. The van der Waals surface area contributed by atoms with Gasteiger partial charge < -0.3 is 14.4 Å². The van der Waals surface area contributed by atoms with Crippen LogP contribution in [-0.2, 0) is 9.53 Å². The van der Waals surface area contributed by atoms with Gasteiger partial charge in [0.1, 0.15) is 17.9 Å². The highest BCUT2D eigenvalue weighted by Crippen LogP contribution is 2.44. The SMILES string of the molecule is COc1ccc(Cl)c(Cl)c1[C@H]1CCN2C(=O)CN(C(=O)OC(C)(C)C)C[C@H]2C1. The zero-order valence-corrected chi connectivity index (χ0v) is 18.1. The number of hydrogen-bond acceptors (Lipinski definition) is 4. The molecule has 2 atom stereocenters. The molecule has 2 fully saturated rings. The first-order chi connectivity index (χ1) is 13.1. The third-order valence-corrected chi connectivity index (χ3v) is 5.98. The first-order valence-corrected chi connectivity index (χ1v) is 10.2. The summed E-state index contributed by atoms with van der Waals surface area (Å²) in [6.07, 6.45) is 0.994. The van der Waals surface area contributed by atoms with E-state index in [2.05, 4.69) is 0 Å². The van der Waals surface area contributed by atoms with E-state index >= 15 is 0 Å². The molecule has 2 heterocycles. The third kappa shape index (κ3) is 4.33. The van der Waals surface area contributed by atoms with Crippen LogP contribution >= 0.6 is 23.2 Å². The quantitative estimate of drug-likeness (QED) is 0.703. The highest BCUT2D eigenvalue weighted by molar-refractivity contribution is 6.42. The van der Waals surface area contributed by atoms with Crippen LogP contribution < -0.4 is 4.74 Å². The summed E-state index contributed by atoms with van der Waals surface area (Å²) >= 11 is 12.7. The molecule has 6 nitrogen and oxygen atoms in total. The van der Waals surface area contributed by atoms with Gasteiger partial charge in [0, 0.05) is 18.7 Å². The van der Waals surface area contributed by atoms with Gasteiger partial charge in [0.05, 0.1) is 23.2 Å². The molecule has 1 aromatic rings. The van der Waals surface area contributed by atoms with E-state index in [9.17, 15) is 9.59 Å². The number of carbonyl (C=O) groups excluding carboxylic acids is 2. The van der Waals surface area contributed by atoms with Gasteiger partial charge in [-0.1, -0.05) is 23.2 Å². The number of piperazine rings is 1. The summed E-state index contributed by atoms with van der Waals surface area (Å²) in [6.45, 7) is 6.55. The van der Waals surface area contributed by atoms with Crippen LogP contribution in [0.15, 0.2) is 12.1 Å². The maximum absolute atomic E-state index is 12.6. The van der Waals surface area contributed by atoms with Crippen LogP contribution in [0, 0.1) is 0 Å². The lowest BCUT2D eigenvalue weighted by atomic mass is 9.83. The molecule has 0 radical (unpaired) electrons. The van der Waals surface area contributed by atoms with Crippen molar-refractivity contribution in [1.29, 1.82) is 0 Å². The van der Waals surface area contributed by atoms with Gasteiger partial charge in [0.2, 0.25) is 5.91 Å². The van der Waals surface area contributed by atoms with E-state index < -0.39 is 11.7 Å². The fraction of sp³-hybridized carbons (Fsp3) is 0.600. The van der Waals surface area contributed by atoms with Crippen molar-refractivity contribution in [2.75, 3.05) is 26.7 Å². The largest absolute Gasteiger partial charge is 0.496 e. The standard InChI is InChI=1S/C20H26Cl2N2O4/c1-20(2,3)28-19(26)23-10-13-9-12(7-8-24(13)16(25)11-23)17-15(27-4)6-5-14(21)18(17)22/h5-6,12-13H,7-11H2,1-4H3/t12-,13+/m0/s1. The van der Waals surface area contributed by atoms with E-state index in [-0.39, 0.29) is 24.4 Å². The monoisotopic (exact) mass is 428 g/mol. The molecule has 154 valence electrons. The Morgan fingerprint density at radius 3 is 2.61 bits per heavy atom. The van der Waals surface area contributed by atoms with Crippen molar-refractivity contribution in [3.8, 4) is 5.75 Å². The molecule has 2 aliphatic rings. The molecule has 0 aliphatic carbocycles. The highest BCUT2D eigenvalue weighted by atomic mass is 35.5. The summed E-state index contributed by atoms with van der Waals surface area (Å²) in [5, 5.41) is 0.973. The van der Waals surface area contributed by atoms with Gasteiger partial charge in [0.25, 0.3) is 0 Å². The van der Waals surface area contributed by atoms with Gasteiger partial charge in [-0.25, -0.2) is 4.79 Å². The number of hydrogen-bond donors (Lipinski definition) is 0. The summed E-state index contributed by atoms with van der Waals surface area (Å²) in [6, 6.07) is 3.44. The normalized spacial score (nSPS) is 22.7. The van der Waals surface area contributed by atoms with Crippen molar-refractivity contribution in [1.82, 2.24) is 9.80 Å². The fourth-order valence-corrected chi connectivity index (χ4v) is 4.44. The Bertz CT molecular complexity index is 778. The molecule has 0 saturated carbocycles. The van der Waals surface area contributed by atoms with Gasteiger partial charge in [-0.2, -0.15) is 0 Å². The highest BCUT2D eigenvalue weighted by Gasteiger charge is 2.41. The molecule has 1 aromatic carbocycles. The molecule has 0 aromatic heterocycles. The zero-order chi connectivity index (χ0) is 20.6. The van der Waals surface area contributed by atoms with E-state index in [1.165, 1.54) is 4.90 Å². The predicted octanol–water partition coefficient (Wildman–Crippen LogP) is 4.33. The Labute approximate surface area is 175 Å². The van der Waals surface area contributed by atoms with Gasteiger partial charge in [0.15, 0.2) is 0 Å². The van der Waals surface area contributed by atoms with Crippen molar-refractivity contribution in [2.45, 2.75) is 51.2 Å². The lowest BCUT2D eigenvalue weighted by Crippen LogP contribution is -2.60. The first-order valence-electron chi connectivity index (χ1n) is 9.40. The number of carbonyl (C=O) groups is 2. The van der Waals surface area contributed by atoms with Crippen LogP contribution in [0.4, 0.5) is 4.79 Å². The number of halogens is 2. The minimum Gasteiger partial charge on any atom is -0.496 e. The van der Waals surface area contributed by atoms with Crippen LogP contribution in [0.25, 0.3) is 0 Å². The summed E-state index contributed by atoms with van der Waals surface area (Å²) in [7, 11) is 1.60. The maximum atomic E-state index is 12.6. The number of nitrogens with zero attached hydrogens (tertiary/aromatic N) is 2. The summed E-state index contributed by atoms with van der Waals surface area (Å²) in [5.41, 5.74) is 0.270. The van der Waals surface area contributed by atoms with Crippen LogP contribution in [0.3, 0.4) is 0 Å². The topological polar surface area (TPSA) is 59.1 Å². The molecule has 0 spiro atoms. The number of ether oxygens (including phenoxy) is 2. The van der Waals surface area contributed by atoms with E-state index in [0.717, 1.165) is 12.0 Å². The number of rotatable bonds is 2. The van der Waals surface area contributed by atoms with E-state index in [1.807, 2.05) is 31.7 Å². The van der Waals surface area contributed by atoms with Gasteiger partial charge in [-0.15, -0.1) is 0 Å². The molecule has 3 rings (SSSR count). The Kier molecular flexibility index (Phi) is 6.01. The molecule has 0 bridgehead atoms. The Balaban J connectivity index is 1.80. The fourth-order valence-electron chi connectivity index (χ4n) is 3.96. The molecule has 28 heavy (non-hydrogen) atoms. The maximum Gasteiger partial charge on any atom is 0.410 e. The molecule has 8 heteroatoms. The average Bonchev–Trinajstić information content (AvgIpc) is 2.61. The molecule has 2 amide bonds. The summed E-state index contributed by atoms with van der Waals surface area (Å²) in [5.74, 6) is 0.734. The number of amides is 2. The zero-order valence-electron chi connectivity index (χ0n) is 16.6. The van der Waals surface area contributed by atoms with Crippen molar-refractivity contribution in [2.24, 2.45) is 0 Å². The Hall–Kier alpha value is -1.66. The molecule has 2 aliphatic heterocycles. The third-order valence-electron chi connectivity index (χ3n) is 5.17. The molecule has 2 saturated heterocycles. The second kappa shape index (κ2) is 7.99. The van der Waals surface area contributed by atoms with Crippen molar-refractivity contribution >= 4 is 35.2 Å². The van der Waals surface area contributed by atoms with Gasteiger partial charge in [-0.3, -0.25) is 9.69 Å². The summed E-state index contributed by atoms with van der Waals surface area (Å²) < 4.78 is 10.9. The average molecular weight is 429 g/mol. The number of benzene rings is 1. The molecular formula is C20H26Cl2N2O4. The molecular weight excluding hydrogens is 403 g/mol. The Morgan fingerprint density at radius 2 is 1.96 bits per heavy atom. The minimum atomic E-state index is -0.603. The van der Waals surface area contributed by atoms with Crippen molar-refractivity contribution in [3.63, 3.8) is 0 Å². The van der Waals surface area contributed by atoms with Crippen LogP contribution in [0.5, 0.6) is 5.75 Å². The lowest BCUT2D eigenvalue weighted by molar-refractivity contribution is -0.141. The van der Waals surface area contributed by atoms with Gasteiger partial charge >= 0.3 is 6.09 Å². The minimum absolute atomic E-state index is 0.0512. The van der Waals surface area contributed by atoms with Crippen molar-refractivity contribution < 1.29 is 19.1 Å². The smallest absolute Gasteiger partial charge is 0.410 e. The second-order valence-electron chi connectivity index (χ2n) is 8.30. The van der Waals surface area contributed by atoms with Crippen LogP contribution in [0.2, 0.25) is 10.0 Å². The van der Waals surface area contributed by atoms with Gasteiger partial charge in [-0.05, 0) is 51.7 Å². The number of methoxy groups -OCH3 is 1. The predicted molar refractivity (Wildman–Crippen MR) is 108 cm³/mol. The number of fused-ring (bicyclic) bond motifs is 1. The van der Waals surface area contributed by atoms with Crippen LogP contribution in [-0.4, -0.2) is 60.2 Å². The van der Waals surface area contributed by atoms with Crippen molar-refractivity contribution in [3.05, 3.63) is 27.7 Å². The molecule has 0 N–H and O–H groups in total. The number of piperidine rings is 1. The Morgan fingerprint density at radius 1 is 1.25 bits per heavy atom. The summed E-state index contributed by atoms with van der Waals surface area (Å²) in [4.78, 5) is 28.4. The molecule has 0 unspecified atom stereocenters. The second-order valence-corrected chi connectivity index (χ2v) is 9.09.